The summed E-state index contributed by atoms with van der Waals surface area (Å²) in [6.45, 7) is 7.33. The molecular weight excluding hydrogens is 230 g/mol. The first-order chi connectivity index (χ1) is 8.61. The number of alkyl carbamates (subject to hydrolysis) is 1. The van der Waals surface area contributed by atoms with Crippen LogP contribution in [-0.4, -0.2) is 25.9 Å². The quantitative estimate of drug-likeness (QED) is 0.791. The lowest BCUT2D eigenvalue weighted by Crippen LogP contribution is -2.28. The maximum absolute atomic E-state index is 11.1. The van der Waals surface area contributed by atoms with Crippen molar-refractivity contribution < 1.29 is 14.3 Å². The van der Waals surface area contributed by atoms with Crippen LogP contribution in [0.1, 0.15) is 24.5 Å². The van der Waals surface area contributed by atoms with Crippen molar-refractivity contribution in [2.75, 3.05) is 19.8 Å². The molecule has 0 fully saturated rings. The van der Waals surface area contributed by atoms with Crippen molar-refractivity contribution in [1.82, 2.24) is 5.32 Å². The van der Waals surface area contributed by atoms with Crippen LogP contribution >= 0.6 is 0 Å². The molecule has 0 aliphatic carbocycles. The molecule has 0 spiro atoms. The lowest BCUT2D eigenvalue weighted by molar-refractivity contribution is 0.144. The number of hydrogen-bond donors (Lipinski definition) is 1. The fourth-order valence-electron chi connectivity index (χ4n) is 1.58. The summed E-state index contributed by atoms with van der Waals surface area (Å²) in [6, 6.07) is 6.04. The maximum Gasteiger partial charge on any atom is 0.407 e. The zero-order valence-electron chi connectivity index (χ0n) is 11.3. The zero-order chi connectivity index (χ0) is 13.4. The van der Waals surface area contributed by atoms with E-state index < -0.39 is 0 Å². The second-order valence-electron chi connectivity index (χ2n) is 4.23. The van der Waals surface area contributed by atoms with Gasteiger partial charge in [-0.3, -0.25) is 0 Å². The Kier molecular flexibility index (Phi) is 6.05. The van der Waals surface area contributed by atoms with Gasteiger partial charge in [0.1, 0.15) is 12.4 Å². The van der Waals surface area contributed by atoms with Gasteiger partial charge in [-0.25, -0.2) is 4.79 Å². The van der Waals surface area contributed by atoms with Crippen LogP contribution in [-0.2, 0) is 4.74 Å². The van der Waals surface area contributed by atoms with E-state index in [-0.39, 0.29) is 6.09 Å². The summed E-state index contributed by atoms with van der Waals surface area (Å²) in [4.78, 5) is 11.1. The molecule has 0 saturated carbocycles. The Morgan fingerprint density at radius 3 is 2.44 bits per heavy atom. The second kappa shape index (κ2) is 7.58. The van der Waals surface area contributed by atoms with Crippen molar-refractivity contribution in [2.45, 2.75) is 27.2 Å². The lowest BCUT2D eigenvalue weighted by atomic mass is 10.1. The number of amides is 1. The number of hydrogen-bond acceptors (Lipinski definition) is 3. The summed E-state index contributed by atoms with van der Waals surface area (Å²) < 4.78 is 10.4. The molecule has 0 aliphatic heterocycles. The van der Waals surface area contributed by atoms with Gasteiger partial charge in [-0.2, -0.15) is 0 Å². The van der Waals surface area contributed by atoms with Gasteiger partial charge in [0.25, 0.3) is 0 Å². The predicted molar refractivity (Wildman–Crippen MR) is 71.1 cm³/mol. The van der Waals surface area contributed by atoms with Crippen molar-refractivity contribution >= 4 is 6.09 Å². The van der Waals surface area contributed by atoms with Crippen molar-refractivity contribution in [3.63, 3.8) is 0 Å². The van der Waals surface area contributed by atoms with E-state index in [0.717, 1.165) is 12.2 Å². The number of carbonyl (C=O) groups excluding carboxylic acids is 1. The van der Waals surface area contributed by atoms with Crippen molar-refractivity contribution in [1.29, 1.82) is 0 Å². The van der Waals surface area contributed by atoms with E-state index >= 15 is 0 Å². The normalized spacial score (nSPS) is 9.94. The monoisotopic (exact) mass is 251 g/mol. The standard InChI is InChI=1S/C14H21NO3/c1-4-6-18-14(16)15-5-7-17-13-9-11(2)8-12(3)10-13/h8-10H,4-7H2,1-3H3,(H,15,16). The molecule has 0 bridgehead atoms. The van der Waals surface area contributed by atoms with Gasteiger partial charge in [0.2, 0.25) is 0 Å². The molecule has 0 aromatic heterocycles. The van der Waals surface area contributed by atoms with Gasteiger partial charge in [0.15, 0.2) is 0 Å². The number of rotatable bonds is 6. The molecule has 1 aromatic carbocycles. The van der Waals surface area contributed by atoms with Crippen molar-refractivity contribution in [3.05, 3.63) is 29.3 Å². The minimum atomic E-state index is -0.388. The lowest BCUT2D eigenvalue weighted by Gasteiger charge is -2.09. The van der Waals surface area contributed by atoms with E-state index in [2.05, 4.69) is 11.4 Å². The molecule has 1 rings (SSSR count). The highest BCUT2D eigenvalue weighted by atomic mass is 16.5. The van der Waals surface area contributed by atoms with Crippen LogP contribution in [0.2, 0.25) is 0 Å². The third kappa shape index (κ3) is 5.57. The minimum Gasteiger partial charge on any atom is -0.492 e. The molecule has 1 amide bonds. The van der Waals surface area contributed by atoms with Gasteiger partial charge in [-0.15, -0.1) is 0 Å². The molecule has 0 atom stereocenters. The highest BCUT2D eigenvalue weighted by Crippen LogP contribution is 2.15. The molecule has 100 valence electrons. The molecule has 0 saturated heterocycles. The minimum absolute atomic E-state index is 0.388. The molecule has 0 unspecified atom stereocenters. The maximum atomic E-state index is 11.1. The van der Waals surface area contributed by atoms with Gasteiger partial charge in [0.05, 0.1) is 13.2 Å². The van der Waals surface area contributed by atoms with E-state index in [4.69, 9.17) is 9.47 Å². The second-order valence-corrected chi connectivity index (χ2v) is 4.23. The van der Waals surface area contributed by atoms with Crippen LogP contribution in [0.25, 0.3) is 0 Å². The van der Waals surface area contributed by atoms with Gasteiger partial charge in [-0.05, 0) is 43.5 Å². The molecular formula is C14H21NO3. The number of aryl methyl sites for hydroxylation is 2. The fraction of sp³-hybridized carbons (Fsp3) is 0.500. The van der Waals surface area contributed by atoms with Crippen LogP contribution in [0, 0.1) is 13.8 Å². The van der Waals surface area contributed by atoms with E-state index in [1.165, 1.54) is 11.1 Å². The molecule has 4 heteroatoms. The average Bonchev–Trinajstić information content (AvgIpc) is 2.31. The van der Waals surface area contributed by atoms with Gasteiger partial charge >= 0.3 is 6.09 Å². The van der Waals surface area contributed by atoms with Crippen LogP contribution in [0.15, 0.2) is 18.2 Å². The molecule has 1 aromatic rings. The Bertz CT molecular complexity index is 370. The number of nitrogens with one attached hydrogen (secondary N) is 1. The highest BCUT2D eigenvalue weighted by Gasteiger charge is 2.00. The van der Waals surface area contributed by atoms with Crippen molar-refractivity contribution in [2.24, 2.45) is 0 Å². The smallest absolute Gasteiger partial charge is 0.407 e. The summed E-state index contributed by atoms with van der Waals surface area (Å²) >= 11 is 0. The molecule has 0 heterocycles. The first-order valence-electron chi connectivity index (χ1n) is 6.23. The number of carbonyl (C=O) groups is 1. The van der Waals surface area contributed by atoms with E-state index in [9.17, 15) is 4.79 Å². The zero-order valence-corrected chi connectivity index (χ0v) is 11.3. The van der Waals surface area contributed by atoms with Gasteiger partial charge < -0.3 is 14.8 Å². The summed E-state index contributed by atoms with van der Waals surface area (Å²) in [5.74, 6) is 0.830. The Balaban J connectivity index is 2.23. The summed E-state index contributed by atoms with van der Waals surface area (Å²) in [5.41, 5.74) is 2.33. The first kappa shape index (κ1) is 14.4. The van der Waals surface area contributed by atoms with E-state index in [0.29, 0.717) is 19.8 Å². The first-order valence-corrected chi connectivity index (χ1v) is 6.23. The summed E-state index contributed by atoms with van der Waals surface area (Å²) in [6.07, 6.45) is 0.438. The largest absolute Gasteiger partial charge is 0.492 e. The predicted octanol–water partition coefficient (Wildman–Crippen LogP) is 2.82. The van der Waals surface area contributed by atoms with Crippen LogP contribution in [0.5, 0.6) is 5.75 Å². The molecule has 0 radical (unpaired) electrons. The van der Waals surface area contributed by atoms with Crippen LogP contribution < -0.4 is 10.1 Å². The molecule has 0 aliphatic rings. The van der Waals surface area contributed by atoms with Crippen molar-refractivity contribution in [3.8, 4) is 5.75 Å². The Morgan fingerprint density at radius 1 is 1.17 bits per heavy atom. The van der Waals surface area contributed by atoms with E-state index in [1.807, 2.05) is 32.9 Å². The van der Waals surface area contributed by atoms with Crippen LogP contribution in [0.3, 0.4) is 0 Å². The number of benzene rings is 1. The van der Waals surface area contributed by atoms with E-state index in [1.54, 1.807) is 0 Å². The van der Waals surface area contributed by atoms with Gasteiger partial charge in [0, 0.05) is 0 Å². The highest BCUT2D eigenvalue weighted by molar-refractivity contribution is 5.66. The molecule has 1 N–H and O–H groups in total. The summed E-state index contributed by atoms with van der Waals surface area (Å²) in [5, 5.41) is 2.63. The summed E-state index contributed by atoms with van der Waals surface area (Å²) in [7, 11) is 0. The SMILES string of the molecule is CCCOC(=O)NCCOc1cc(C)cc(C)c1. The number of ether oxygens (including phenoxy) is 2. The molecule has 18 heavy (non-hydrogen) atoms. The van der Waals surface area contributed by atoms with Gasteiger partial charge in [-0.1, -0.05) is 13.0 Å². The Labute approximate surface area is 108 Å². The molecule has 4 nitrogen and oxygen atoms in total. The average molecular weight is 251 g/mol. The Morgan fingerprint density at radius 2 is 1.83 bits per heavy atom. The third-order valence-corrected chi connectivity index (χ3v) is 2.27. The third-order valence-electron chi connectivity index (χ3n) is 2.27. The topological polar surface area (TPSA) is 47.6 Å². The van der Waals surface area contributed by atoms with Crippen LogP contribution in [0.4, 0.5) is 4.79 Å². The fourth-order valence-corrected chi connectivity index (χ4v) is 1.58. The Hall–Kier alpha value is -1.71.